The standard InChI is InChI=1S/C25H28N6O3.C2HF3O2/c1-3-16-7-4-5-8-19(16)30-24-17-13-22(34-12-6-10-27-23-9-11-29-31-23)21(33-2)14-20(17)28-15-18(24)25(26)32;3-2(4,5)1(6)7/h4-5,7-9,11,13-15H,3,6,10,12H2,1-2H3,(H2,26,32)(H,28,30)(H2,27,29,31);(H,6,7). The van der Waals surface area contributed by atoms with Gasteiger partial charge in [-0.05, 0) is 36.6 Å². The second-order valence-electron chi connectivity index (χ2n) is 8.47. The molecule has 14 heteroatoms. The molecular formula is C27H29F3N6O5. The number of alkyl halides is 3. The molecule has 0 unspecified atom stereocenters. The minimum atomic E-state index is -5.08. The Balaban J connectivity index is 0.000000587. The molecule has 0 bridgehead atoms. The zero-order valence-corrected chi connectivity index (χ0v) is 22.2. The number of aryl methyl sites for hydroxylation is 1. The van der Waals surface area contributed by atoms with Gasteiger partial charge in [-0.25, -0.2) is 4.79 Å². The van der Waals surface area contributed by atoms with E-state index in [9.17, 15) is 18.0 Å². The van der Waals surface area contributed by atoms with E-state index in [4.69, 9.17) is 25.1 Å². The minimum absolute atomic E-state index is 0.304. The van der Waals surface area contributed by atoms with Crippen molar-refractivity contribution in [3.8, 4) is 11.5 Å². The molecule has 11 nitrogen and oxygen atoms in total. The predicted octanol–water partition coefficient (Wildman–Crippen LogP) is 4.89. The lowest BCUT2D eigenvalue weighted by Gasteiger charge is -2.18. The van der Waals surface area contributed by atoms with Crippen molar-refractivity contribution in [1.82, 2.24) is 15.2 Å². The van der Waals surface area contributed by atoms with Crippen LogP contribution in [0.25, 0.3) is 10.9 Å². The summed E-state index contributed by atoms with van der Waals surface area (Å²) >= 11 is 0. The number of nitrogens with two attached hydrogens (primary N) is 1. The van der Waals surface area contributed by atoms with Crippen LogP contribution >= 0.6 is 0 Å². The van der Waals surface area contributed by atoms with Gasteiger partial charge in [0.25, 0.3) is 5.91 Å². The number of aliphatic carboxylic acids is 1. The van der Waals surface area contributed by atoms with E-state index in [0.717, 1.165) is 29.9 Å². The van der Waals surface area contributed by atoms with Crippen LogP contribution in [0.3, 0.4) is 0 Å². The lowest BCUT2D eigenvalue weighted by molar-refractivity contribution is -0.192. The lowest BCUT2D eigenvalue weighted by atomic mass is 10.1. The van der Waals surface area contributed by atoms with Crippen molar-refractivity contribution < 1.29 is 37.3 Å². The molecule has 1 amide bonds. The molecule has 0 radical (unpaired) electrons. The number of hydrogen-bond acceptors (Lipinski definition) is 8. The highest BCUT2D eigenvalue weighted by molar-refractivity contribution is 6.08. The maximum absolute atomic E-state index is 12.2. The first-order valence-corrected chi connectivity index (χ1v) is 12.4. The monoisotopic (exact) mass is 574 g/mol. The number of hydrogen-bond donors (Lipinski definition) is 5. The number of carbonyl (C=O) groups is 2. The first-order valence-electron chi connectivity index (χ1n) is 12.4. The van der Waals surface area contributed by atoms with E-state index < -0.39 is 18.1 Å². The molecule has 0 aliphatic heterocycles. The number of nitrogens with zero attached hydrogens (tertiary/aromatic N) is 2. The summed E-state index contributed by atoms with van der Waals surface area (Å²) < 4.78 is 43.3. The highest BCUT2D eigenvalue weighted by Gasteiger charge is 2.38. The summed E-state index contributed by atoms with van der Waals surface area (Å²) in [6.07, 6.45) is -0.304. The molecule has 4 rings (SSSR count). The first kappa shape index (κ1) is 30.5. The van der Waals surface area contributed by atoms with Crippen LogP contribution in [-0.4, -0.2) is 58.6 Å². The summed E-state index contributed by atoms with van der Waals surface area (Å²) in [5.41, 5.74) is 9.27. The van der Waals surface area contributed by atoms with Crippen LogP contribution in [0, 0.1) is 0 Å². The van der Waals surface area contributed by atoms with Gasteiger partial charge in [-0.3, -0.25) is 14.9 Å². The Labute approximate surface area is 232 Å². The van der Waals surface area contributed by atoms with Crippen molar-refractivity contribution >= 4 is 40.0 Å². The summed E-state index contributed by atoms with van der Waals surface area (Å²) in [4.78, 5) is 25.6. The molecule has 0 aliphatic rings. The minimum Gasteiger partial charge on any atom is -0.493 e. The van der Waals surface area contributed by atoms with Crippen LogP contribution in [-0.2, 0) is 11.2 Å². The molecule has 41 heavy (non-hydrogen) atoms. The number of aromatic nitrogens is 3. The van der Waals surface area contributed by atoms with Crippen molar-refractivity contribution in [1.29, 1.82) is 0 Å². The molecule has 2 aromatic carbocycles. The van der Waals surface area contributed by atoms with E-state index in [-0.39, 0.29) is 0 Å². The number of fused-ring (bicyclic) bond motifs is 1. The number of benzene rings is 2. The van der Waals surface area contributed by atoms with Gasteiger partial charge in [0, 0.05) is 29.9 Å². The third-order valence-corrected chi connectivity index (χ3v) is 5.71. The van der Waals surface area contributed by atoms with E-state index in [0.29, 0.717) is 46.8 Å². The van der Waals surface area contributed by atoms with Gasteiger partial charge in [0.1, 0.15) is 5.82 Å². The van der Waals surface area contributed by atoms with Crippen molar-refractivity contribution in [2.75, 3.05) is 30.9 Å². The van der Waals surface area contributed by atoms with Gasteiger partial charge < -0.3 is 30.9 Å². The number of anilines is 3. The van der Waals surface area contributed by atoms with E-state index >= 15 is 0 Å². The third kappa shape index (κ3) is 8.24. The van der Waals surface area contributed by atoms with E-state index in [1.54, 1.807) is 19.4 Å². The van der Waals surface area contributed by atoms with Crippen molar-refractivity contribution in [2.24, 2.45) is 5.73 Å². The zero-order valence-electron chi connectivity index (χ0n) is 22.2. The normalized spacial score (nSPS) is 10.9. The van der Waals surface area contributed by atoms with Gasteiger partial charge in [0.2, 0.25) is 0 Å². The number of carboxylic acid groups (broad SMARTS) is 1. The maximum Gasteiger partial charge on any atom is 0.490 e. The van der Waals surface area contributed by atoms with Crippen molar-refractivity contribution in [2.45, 2.75) is 25.9 Å². The van der Waals surface area contributed by atoms with Crippen LogP contribution in [0.4, 0.5) is 30.4 Å². The number of rotatable bonds is 11. The molecule has 218 valence electrons. The number of methoxy groups -OCH3 is 1. The fourth-order valence-electron chi connectivity index (χ4n) is 3.71. The van der Waals surface area contributed by atoms with Gasteiger partial charge in [-0.2, -0.15) is 18.3 Å². The predicted molar refractivity (Wildman–Crippen MR) is 147 cm³/mol. The Hall–Kier alpha value is -5.01. The van der Waals surface area contributed by atoms with Crippen molar-refractivity contribution in [3.05, 3.63) is 66.0 Å². The number of amides is 1. The number of carbonyl (C=O) groups excluding carboxylic acids is 1. The molecule has 0 spiro atoms. The SMILES string of the molecule is CCc1ccccc1Nc1c(C(N)=O)cnc2cc(OC)c(OCCCNc3ccn[nH]3)cc12.O=C(O)C(F)(F)F. The van der Waals surface area contributed by atoms with Gasteiger partial charge in [0.05, 0.1) is 36.7 Å². The van der Waals surface area contributed by atoms with E-state index in [2.05, 4.69) is 32.7 Å². The molecule has 0 saturated heterocycles. The van der Waals surface area contributed by atoms with E-state index in [1.807, 2.05) is 36.4 Å². The molecule has 2 heterocycles. The van der Waals surface area contributed by atoms with Crippen LogP contribution in [0.5, 0.6) is 11.5 Å². The second-order valence-corrected chi connectivity index (χ2v) is 8.47. The lowest BCUT2D eigenvalue weighted by Crippen LogP contribution is -2.21. The van der Waals surface area contributed by atoms with Crippen LogP contribution in [0.15, 0.2) is 54.9 Å². The Morgan fingerprint density at radius 3 is 2.49 bits per heavy atom. The fourth-order valence-corrected chi connectivity index (χ4v) is 3.71. The summed E-state index contributed by atoms with van der Waals surface area (Å²) in [5, 5.41) is 21.3. The molecule has 6 N–H and O–H groups in total. The van der Waals surface area contributed by atoms with Gasteiger partial charge >= 0.3 is 12.1 Å². The summed E-state index contributed by atoms with van der Waals surface area (Å²) in [5.74, 6) is -1.34. The highest BCUT2D eigenvalue weighted by Crippen LogP contribution is 2.37. The van der Waals surface area contributed by atoms with E-state index in [1.165, 1.54) is 6.20 Å². The van der Waals surface area contributed by atoms with Crippen LogP contribution in [0.2, 0.25) is 0 Å². The average Bonchev–Trinajstić information content (AvgIpc) is 3.46. The summed E-state index contributed by atoms with van der Waals surface area (Å²) in [6, 6.07) is 13.5. The molecule has 0 fully saturated rings. The molecule has 4 aromatic rings. The third-order valence-electron chi connectivity index (χ3n) is 5.71. The second kappa shape index (κ2) is 13.9. The number of para-hydroxylation sites is 1. The van der Waals surface area contributed by atoms with Crippen LogP contribution < -0.4 is 25.8 Å². The molecule has 2 aromatic heterocycles. The number of nitrogens with one attached hydrogen (secondary N) is 3. The topological polar surface area (TPSA) is 164 Å². The molecule has 0 aliphatic carbocycles. The highest BCUT2D eigenvalue weighted by atomic mass is 19.4. The zero-order chi connectivity index (χ0) is 30.0. The number of pyridine rings is 1. The number of primary amides is 1. The largest absolute Gasteiger partial charge is 0.493 e. The number of H-pyrrole nitrogens is 1. The van der Waals surface area contributed by atoms with Crippen LogP contribution in [0.1, 0.15) is 29.3 Å². The number of halogens is 3. The van der Waals surface area contributed by atoms with Gasteiger partial charge in [-0.15, -0.1) is 0 Å². The Kier molecular flexibility index (Phi) is 10.3. The quantitative estimate of drug-likeness (QED) is 0.157. The Bertz CT molecular complexity index is 1480. The Morgan fingerprint density at radius 1 is 1.15 bits per heavy atom. The molecule has 0 saturated carbocycles. The van der Waals surface area contributed by atoms with Gasteiger partial charge in [-0.1, -0.05) is 25.1 Å². The van der Waals surface area contributed by atoms with Crippen molar-refractivity contribution in [3.63, 3.8) is 0 Å². The summed E-state index contributed by atoms with van der Waals surface area (Å²) in [6.45, 7) is 3.26. The number of ether oxygens (including phenoxy) is 2. The number of aromatic amines is 1. The first-order chi connectivity index (χ1) is 19.5. The Morgan fingerprint density at radius 2 is 1.88 bits per heavy atom. The maximum atomic E-state index is 12.2. The molecule has 0 atom stereocenters. The fraction of sp³-hybridized carbons (Fsp3) is 0.259. The van der Waals surface area contributed by atoms with Gasteiger partial charge in [0.15, 0.2) is 11.5 Å². The average molecular weight is 575 g/mol. The number of carboxylic acids is 1. The smallest absolute Gasteiger partial charge is 0.490 e. The summed E-state index contributed by atoms with van der Waals surface area (Å²) in [7, 11) is 1.59. The molecular weight excluding hydrogens is 545 g/mol.